The maximum absolute atomic E-state index is 11.2. The molecule has 0 amide bonds. The molecule has 0 aliphatic rings. The van der Waals surface area contributed by atoms with Crippen molar-refractivity contribution < 1.29 is 71.0 Å². The minimum absolute atomic E-state index is 1.52. The third-order valence-electron chi connectivity index (χ3n) is 1.53. The molecule has 6 N–H and O–H groups in total. The first-order valence-electron chi connectivity index (χ1n) is 5.53. The zero-order chi connectivity index (χ0) is 20.1. The van der Waals surface area contributed by atoms with Gasteiger partial charge in [-0.05, 0) is 0 Å². The molecule has 146 valence electrons. The summed E-state index contributed by atoms with van der Waals surface area (Å²) in [6.07, 6.45) is -4.55. The Morgan fingerprint density at radius 1 is 0.600 bits per heavy atom. The second-order valence-electron chi connectivity index (χ2n) is 4.08. The highest BCUT2D eigenvalue weighted by molar-refractivity contribution is 7.54. The van der Waals surface area contributed by atoms with Crippen molar-refractivity contribution >= 4 is 49.3 Å². The molecule has 0 bridgehead atoms. The van der Waals surface area contributed by atoms with Crippen LogP contribution >= 0.6 is 31.4 Å². The first-order valence-corrected chi connectivity index (χ1v) is 12.0. The Morgan fingerprint density at radius 3 is 0.960 bits per heavy atom. The molecule has 0 heterocycles. The van der Waals surface area contributed by atoms with Crippen LogP contribution in [0.4, 0.5) is 0 Å². The summed E-state index contributed by atoms with van der Waals surface area (Å²) in [5.74, 6) is -5.15. The van der Waals surface area contributed by atoms with Gasteiger partial charge in [-0.1, -0.05) is 0 Å². The fourth-order valence-corrected chi connectivity index (χ4v) is 3.21. The molecule has 0 aromatic carbocycles. The van der Waals surface area contributed by atoms with Crippen LogP contribution in [-0.4, -0.2) is 65.8 Å². The van der Waals surface area contributed by atoms with Gasteiger partial charge in [-0.2, -0.15) is 0 Å². The van der Waals surface area contributed by atoms with Crippen LogP contribution in [0.3, 0.4) is 0 Å². The lowest BCUT2D eigenvalue weighted by molar-refractivity contribution is -0.139. The zero-order valence-electron chi connectivity index (χ0n) is 11.8. The molecule has 0 saturated heterocycles. The standard InChI is InChI=1S/C6H12O15P4/c7-4(1-23(10,11)12)19-22(20-5(8)2-24(13,14)15)21-6(9)3-25(16,17)18/h1-3H2,(H2,10,11,12)(H2,13,14,15)(H2,16,17,18). The highest BCUT2D eigenvalue weighted by atomic mass is 31.2. The predicted molar refractivity (Wildman–Crippen MR) is 75.9 cm³/mol. The molecule has 0 aromatic heterocycles. The van der Waals surface area contributed by atoms with E-state index in [9.17, 15) is 28.1 Å². The van der Waals surface area contributed by atoms with E-state index in [0.717, 1.165) is 0 Å². The monoisotopic (exact) mass is 448 g/mol. The topological polar surface area (TPSA) is 251 Å². The fraction of sp³-hybridized carbons (Fsp3) is 0.500. The van der Waals surface area contributed by atoms with Crippen LogP contribution in [0.5, 0.6) is 0 Å². The highest BCUT2D eigenvalue weighted by Crippen LogP contribution is 2.46. The third-order valence-corrected chi connectivity index (χ3v) is 4.60. The van der Waals surface area contributed by atoms with Gasteiger partial charge in [0.05, 0.1) is 0 Å². The third kappa shape index (κ3) is 15.3. The van der Waals surface area contributed by atoms with Crippen LogP contribution in [0.2, 0.25) is 0 Å². The average Bonchev–Trinajstić information content (AvgIpc) is 2.18. The van der Waals surface area contributed by atoms with Gasteiger partial charge in [-0.15, -0.1) is 0 Å². The number of hydrogen-bond donors (Lipinski definition) is 6. The Kier molecular flexibility index (Phi) is 9.03. The highest BCUT2D eigenvalue weighted by Gasteiger charge is 2.34. The number of hydrogen-bond acceptors (Lipinski definition) is 9. The average molecular weight is 448 g/mol. The van der Waals surface area contributed by atoms with E-state index in [0.29, 0.717) is 0 Å². The van der Waals surface area contributed by atoms with E-state index in [-0.39, 0.29) is 0 Å². The van der Waals surface area contributed by atoms with Crippen molar-refractivity contribution in [1.29, 1.82) is 0 Å². The summed E-state index contributed by atoms with van der Waals surface area (Å²) < 4.78 is 44.3. The molecular weight excluding hydrogens is 436 g/mol. The van der Waals surface area contributed by atoms with Gasteiger partial charge >= 0.3 is 49.3 Å². The van der Waals surface area contributed by atoms with Gasteiger partial charge in [-0.3, -0.25) is 28.1 Å². The van der Waals surface area contributed by atoms with Crippen LogP contribution in [0.25, 0.3) is 0 Å². The van der Waals surface area contributed by atoms with Crippen LogP contribution in [0, 0.1) is 0 Å². The van der Waals surface area contributed by atoms with Gasteiger partial charge in [0.2, 0.25) is 0 Å². The molecule has 0 aliphatic carbocycles. The van der Waals surface area contributed by atoms with Crippen molar-refractivity contribution in [2.24, 2.45) is 0 Å². The summed E-state index contributed by atoms with van der Waals surface area (Å²) in [6, 6.07) is 0. The Hall–Kier alpha value is -0.710. The first kappa shape index (κ1) is 24.3. The lowest BCUT2D eigenvalue weighted by Gasteiger charge is -2.15. The van der Waals surface area contributed by atoms with Gasteiger partial charge < -0.3 is 42.9 Å². The quantitative estimate of drug-likeness (QED) is 0.217. The van der Waals surface area contributed by atoms with Gasteiger partial charge in [0.1, 0.15) is 18.5 Å². The van der Waals surface area contributed by atoms with Crippen molar-refractivity contribution in [1.82, 2.24) is 0 Å². The summed E-state index contributed by atoms with van der Waals surface area (Å²) in [6.45, 7) is 0. The molecule has 19 heteroatoms. The second-order valence-corrected chi connectivity index (χ2v) is 10.0. The van der Waals surface area contributed by atoms with E-state index in [4.69, 9.17) is 29.4 Å². The molecule has 0 fully saturated rings. The summed E-state index contributed by atoms with van der Waals surface area (Å²) in [7, 11) is -18.1. The molecule has 0 radical (unpaired) electrons. The first-order chi connectivity index (χ1) is 11.0. The summed E-state index contributed by atoms with van der Waals surface area (Å²) >= 11 is 0. The van der Waals surface area contributed by atoms with E-state index in [2.05, 4.69) is 13.6 Å². The summed E-state index contributed by atoms with van der Waals surface area (Å²) in [5, 5.41) is 0. The smallest absolute Gasteiger partial charge is 0.375 e. The van der Waals surface area contributed by atoms with Crippen LogP contribution < -0.4 is 0 Å². The van der Waals surface area contributed by atoms with Crippen LogP contribution in [-0.2, 0) is 41.6 Å². The molecule has 0 rings (SSSR count). The van der Waals surface area contributed by atoms with Crippen molar-refractivity contribution in [2.45, 2.75) is 0 Å². The van der Waals surface area contributed by atoms with Gasteiger partial charge in [0.15, 0.2) is 0 Å². The Labute approximate surface area is 139 Å². The number of carbonyl (C=O) groups is 3. The van der Waals surface area contributed by atoms with Crippen LogP contribution in [0.1, 0.15) is 0 Å². The van der Waals surface area contributed by atoms with Crippen molar-refractivity contribution in [3.05, 3.63) is 0 Å². The van der Waals surface area contributed by atoms with E-state index in [1.54, 1.807) is 0 Å². The lowest BCUT2D eigenvalue weighted by Crippen LogP contribution is -2.16. The summed E-state index contributed by atoms with van der Waals surface area (Å²) in [4.78, 5) is 85.0. The van der Waals surface area contributed by atoms with E-state index in [1.165, 1.54) is 0 Å². The molecule has 15 nitrogen and oxygen atoms in total. The van der Waals surface area contributed by atoms with E-state index in [1.807, 2.05) is 0 Å². The van der Waals surface area contributed by atoms with Crippen molar-refractivity contribution in [3.63, 3.8) is 0 Å². The second kappa shape index (κ2) is 9.29. The maximum atomic E-state index is 11.2. The Bertz CT molecular complexity index is 561. The van der Waals surface area contributed by atoms with Crippen molar-refractivity contribution in [3.8, 4) is 0 Å². The largest absolute Gasteiger partial charge is 0.537 e. The zero-order valence-corrected chi connectivity index (χ0v) is 15.3. The number of carbonyl (C=O) groups excluding carboxylic acids is 3. The number of rotatable bonds is 9. The SMILES string of the molecule is O=C(CP(=O)(O)O)OP(OC(=O)CP(=O)(O)O)OC(=O)CP(=O)(O)O. The van der Waals surface area contributed by atoms with Gasteiger partial charge in [-0.25, -0.2) is 0 Å². The minimum Gasteiger partial charge on any atom is -0.375 e. The normalized spacial score (nSPS) is 12.6. The molecule has 0 unspecified atom stereocenters. The molecular formula is C6H12O15P4. The Morgan fingerprint density at radius 2 is 0.800 bits per heavy atom. The molecule has 0 aromatic rings. The fourth-order valence-electron chi connectivity index (χ4n) is 0.896. The minimum atomic E-state index is -4.91. The van der Waals surface area contributed by atoms with Gasteiger partial charge in [0, 0.05) is 0 Å². The molecule has 25 heavy (non-hydrogen) atoms. The molecule has 0 saturated carbocycles. The lowest BCUT2D eigenvalue weighted by atomic mass is 10.8. The molecule has 0 aliphatic heterocycles. The van der Waals surface area contributed by atoms with E-state index < -0.39 is 67.8 Å². The summed E-state index contributed by atoms with van der Waals surface area (Å²) in [5.41, 5.74) is 0. The molecule has 0 atom stereocenters. The predicted octanol–water partition coefficient (Wildman–Crippen LogP) is -1.62. The van der Waals surface area contributed by atoms with E-state index >= 15 is 0 Å². The van der Waals surface area contributed by atoms with Crippen LogP contribution in [0.15, 0.2) is 0 Å². The Balaban J connectivity index is 5.04. The molecule has 0 spiro atoms. The maximum Gasteiger partial charge on any atom is 0.537 e. The van der Waals surface area contributed by atoms with Gasteiger partial charge in [0.25, 0.3) is 0 Å². The van der Waals surface area contributed by atoms with Crippen molar-refractivity contribution in [2.75, 3.05) is 18.5 Å².